The maximum atomic E-state index is 14.5. The van der Waals surface area contributed by atoms with Crippen LogP contribution in [0.15, 0.2) is 39.2 Å². The van der Waals surface area contributed by atoms with Gasteiger partial charge in [0.15, 0.2) is 17.9 Å². The van der Waals surface area contributed by atoms with Crippen molar-refractivity contribution in [3.05, 3.63) is 29.8 Å². The fourth-order valence-electron chi connectivity index (χ4n) is 10.2. The van der Waals surface area contributed by atoms with Crippen molar-refractivity contribution in [1.82, 2.24) is 63.8 Å². The molecule has 0 aliphatic rings. The fraction of sp³-hybridized carbons (Fsp3) is 0.621. The summed E-state index contributed by atoms with van der Waals surface area (Å²) in [6.07, 6.45) is -1.99. The van der Waals surface area contributed by atoms with E-state index in [0.717, 1.165) is 0 Å². The van der Waals surface area contributed by atoms with Crippen molar-refractivity contribution in [2.24, 2.45) is 72.9 Å². The number of carboxylic acid groups (broad SMARTS) is 4. The van der Waals surface area contributed by atoms with Crippen LogP contribution in [0.1, 0.15) is 131 Å². The topological polar surface area (TPSA) is 738 Å². The molecule has 1 rings (SSSR count). The van der Waals surface area contributed by atoms with Crippen molar-refractivity contribution >= 4 is 124 Å². The Labute approximate surface area is 639 Å². The molecule has 0 radical (unpaired) electrons. The van der Waals surface area contributed by atoms with Crippen molar-refractivity contribution in [1.29, 1.82) is 0 Å². The third-order valence-electron chi connectivity index (χ3n) is 16.3. The van der Waals surface area contributed by atoms with E-state index in [9.17, 15) is 102 Å². The van der Waals surface area contributed by atoms with Gasteiger partial charge in [0.1, 0.15) is 66.2 Å². The van der Waals surface area contributed by atoms with Crippen LogP contribution < -0.4 is 104 Å². The lowest BCUT2D eigenvalue weighted by molar-refractivity contribution is -0.143. The number of phenols is 1. The van der Waals surface area contributed by atoms with Crippen LogP contribution in [-0.4, -0.2) is 249 Å². The second-order valence-corrected chi connectivity index (χ2v) is 27.3. The molecule has 616 valence electrons. The van der Waals surface area contributed by atoms with Crippen LogP contribution in [0.25, 0.3) is 0 Å². The van der Waals surface area contributed by atoms with Gasteiger partial charge in [0.05, 0.1) is 32.0 Å². The Hall–Kier alpha value is -11.3. The fourth-order valence-corrected chi connectivity index (χ4v) is 10.7. The smallest absolute Gasteiger partial charge is 0.326 e. The van der Waals surface area contributed by atoms with Crippen molar-refractivity contribution in [2.75, 3.05) is 44.7 Å². The summed E-state index contributed by atoms with van der Waals surface area (Å²) >= 11 is 1.25. The number of aromatic hydroxyl groups is 1. The third-order valence-corrected chi connectivity index (χ3v) is 16.9. The Morgan fingerprint density at radius 2 is 0.836 bits per heavy atom. The van der Waals surface area contributed by atoms with E-state index in [0.29, 0.717) is 5.56 Å². The minimum absolute atomic E-state index is 0.00959. The number of hydrogen-bond acceptors (Lipinski definition) is 22. The van der Waals surface area contributed by atoms with Gasteiger partial charge >= 0.3 is 23.9 Å². The number of nitrogens with one attached hydrogen (secondary N) is 12. The number of aliphatic imine (C=N–C) groups is 3. The van der Waals surface area contributed by atoms with E-state index >= 15 is 0 Å². The van der Waals surface area contributed by atoms with Crippen LogP contribution in [0.3, 0.4) is 0 Å². The molecule has 110 heavy (non-hydrogen) atoms. The summed E-state index contributed by atoms with van der Waals surface area (Å²) in [4.78, 5) is 225. The second kappa shape index (κ2) is 51.1. The molecule has 12 amide bonds. The van der Waals surface area contributed by atoms with Crippen LogP contribution in [0, 0.1) is 17.8 Å². The number of guanidine groups is 3. The molecule has 0 aliphatic carbocycles. The molecule has 12 atom stereocenters. The molecule has 31 N–H and O–H groups in total. The van der Waals surface area contributed by atoms with Gasteiger partial charge in [-0.15, -0.1) is 0 Å². The van der Waals surface area contributed by atoms with E-state index in [2.05, 4.69) is 78.8 Å². The number of carboxylic acids is 4. The number of phenolic OH excluding ortho intramolecular Hbond substituents is 1. The van der Waals surface area contributed by atoms with E-state index < -0.39 is 212 Å². The molecular formula is C66H110N22O21S. The number of amides is 12. The highest BCUT2D eigenvalue weighted by Gasteiger charge is 2.38. The molecule has 0 unspecified atom stereocenters. The lowest BCUT2D eigenvalue weighted by Gasteiger charge is -2.30. The quantitative estimate of drug-likeness (QED) is 0.0164. The summed E-state index contributed by atoms with van der Waals surface area (Å²) in [5, 5.41) is 77.2. The highest BCUT2D eigenvalue weighted by molar-refractivity contribution is 7.98. The van der Waals surface area contributed by atoms with Crippen LogP contribution in [0.5, 0.6) is 5.75 Å². The normalized spacial score (nSPS) is 14.2. The Morgan fingerprint density at radius 3 is 1.26 bits per heavy atom. The number of nitrogens with two attached hydrogens (primary N) is 7. The van der Waals surface area contributed by atoms with Crippen LogP contribution in [0.4, 0.5) is 0 Å². The zero-order valence-electron chi connectivity index (χ0n) is 62.6. The van der Waals surface area contributed by atoms with Gasteiger partial charge in [-0.25, -0.2) is 4.79 Å². The average molecular weight is 1580 g/mol. The van der Waals surface area contributed by atoms with E-state index in [1.54, 1.807) is 40.9 Å². The Balaban J connectivity index is 3.50. The first-order valence-corrected chi connectivity index (χ1v) is 36.6. The molecule has 1 aromatic rings. The first-order valence-electron chi connectivity index (χ1n) is 35.2. The molecule has 0 aliphatic heterocycles. The van der Waals surface area contributed by atoms with E-state index in [-0.39, 0.29) is 119 Å². The molecule has 43 nitrogen and oxygen atoms in total. The maximum Gasteiger partial charge on any atom is 0.326 e. The summed E-state index contributed by atoms with van der Waals surface area (Å²) in [5.74, 6) is -20.7. The van der Waals surface area contributed by atoms with Crippen molar-refractivity contribution in [2.45, 2.75) is 198 Å². The van der Waals surface area contributed by atoms with Gasteiger partial charge in [-0.05, 0) is 105 Å². The monoisotopic (exact) mass is 1580 g/mol. The highest BCUT2D eigenvalue weighted by atomic mass is 32.2. The van der Waals surface area contributed by atoms with Gasteiger partial charge < -0.3 is 129 Å². The number of hydrogen-bond donors (Lipinski definition) is 24. The molecule has 0 saturated carbocycles. The molecule has 1 aromatic carbocycles. The molecule has 0 saturated heterocycles. The number of carbonyl (C=O) groups is 16. The molecule has 0 bridgehead atoms. The van der Waals surface area contributed by atoms with Crippen molar-refractivity contribution in [3.63, 3.8) is 0 Å². The Bertz CT molecular complexity index is 3390. The third kappa shape index (κ3) is 40.0. The highest BCUT2D eigenvalue weighted by Crippen LogP contribution is 2.16. The molecule has 0 fully saturated rings. The molecule has 0 spiro atoms. The van der Waals surface area contributed by atoms with Gasteiger partial charge in [0.2, 0.25) is 70.9 Å². The molecule has 0 heterocycles. The van der Waals surface area contributed by atoms with Gasteiger partial charge in [0, 0.05) is 32.5 Å². The van der Waals surface area contributed by atoms with Gasteiger partial charge in [-0.1, -0.05) is 60.1 Å². The summed E-state index contributed by atoms with van der Waals surface area (Å²) in [5.41, 5.74) is 39.2. The van der Waals surface area contributed by atoms with Gasteiger partial charge in [-0.3, -0.25) is 86.9 Å². The largest absolute Gasteiger partial charge is 0.508 e. The number of thioether (sulfide) groups is 1. The Morgan fingerprint density at radius 1 is 0.436 bits per heavy atom. The predicted molar refractivity (Wildman–Crippen MR) is 401 cm³/mol. The van der Waals surface area contributed by atoms with E-state index in [1.807, 2.05) is 0 Å². The molecule has 0 aromatic heterocycles. The van der Waals surface area contributed by atoms with Gasteiger partial charge in [0.25, 0.3) is 0 Å². The number of benzene rings is 1. The van der Waals surface area contributed by atoms with Gasteiger partial charge in [-0.2, -0.15) is 11.8 Å². The van der Waals surface area contributed by atoms with Crippen LogP contribution in [0.2, 0.25) is 0 Å². The minimum atomic E-state index is -1.95. The molecule has 44 heteroatoms. The predicted octanol–water partition coefficient (Wildman–Crippen LogP) is -7.10. The van der Waals surface area contributed by atoms with Crippen molar-refractivity contribution < 1.29 is 102 Å². The maximum absolute atomic E-state index is 14.5. The number of nitrogens with zero attached hydrogens (tertiary/aromatic N) is 3. The first kappa shape index (κ1) is 96.7. The van der Waals surface area contributed by atoms with Crippen LogP contribution in [-0.2, 0) is 83.1 Å². The standard InChI is InChI=1S/C66H110N22O21S/c1-8-34(6)52(62(107)84-40(14-11-24-76-66(72)73)58(103)87-51(33(4)5)61(106)83-39(13-10-23-75-65(70)71)55(100)80-38(12-9-22-74-64(68)69)56(101)86-45(63(108)109)26-32(2)3)88-60(105)44(29-50(96)97)79-47(91)31-77-46(90)30-78-54(99)41(19-20-48(92)93)81-57(102)42(21-25-110-7)82-59(104)43(27-35-15-17-36(89)18-16-35)85-53(98)37(67)28-49(94)95/h15-18,32-34,37-45,51-52,89H,8-14,19-31,67H2,1-7H3,(H,77,90)(H,78,99)(H,79,91)(H,80,100)(H,81,102)(H,82,104)(H,83,106)(H,84,107)(H,85,98)(H,86,101)(H,87,103)(H,88,105)(H,92,93)(H,94,95)(H,96,97)(H,108,109)(H4,68,69,74)(H4,70,71,75)(H4,72,73,76)/t34-,37-,38-,39-,40-,41-,42-,43-,44-,45-,51-,52-/m0/s1. The van der Waals surface area contributed by atoms with E-state index in [1.165, 1.54) is 43.0 Å². The number of aliphatic carboxylic acids is 4. The van der Waals surface area contributed by atoms with Crippen molar-refractivity contribution in [3.8, 4) is 5.75 Å². The second-order valence-electron chi connectivity index (χ2n) is 26.3. The number of rotatable bonds is 54. The minimum Gasteiger partial charge on any atom is -0.508 e. The summed E-state index contributed by atoms with van der Waals surface area (Å²) in [6.45, 7) is 7.70. The number of carbonyl (C=O) groups excluding carboxylic acids is 12. The SMILES string of the molecule is CC[C@H](C)[C@H](NC(=O)[C@H](CC(=O)O)NC(=O)CNC(=O)CNC(=O)[C@H](CCC(=O)O)NC(=O)[C@H](CCSC)NC(=O)[C@H](Cc1ccc(O)cc1)NC(=O)[C@@H](N)CC(=O)O)C(=O)N[C@@H](CCCN=C(N)N)C(=O)N[C@H](C(=O)N[C@@H](CCCN=C(N)N)C(=O)N[C@@H](CCCN=C(N)N)C(=O)N[C@@H](CC(C)C)C(=O)O)C(C)C. The summed E-state index contributed by atoms with van der Waals surface area (Å²) < 4.78 is 0. The zero-order valence-corrected chi connectivity index (χ0v) is 63.4. The zero-order chi connectivity index (χ0) is 83.5. The van der Waals surface area contributed by atoms with E-state index in [4.69, 9.17) is 40.1 Å². The lowest BCUT2D eigenvalue weighted by Crippen LogP contribution is -2.61. The lowest BCUT2D eigenvalue weighted by atomic mass is 9.96. The summed E-state index contributed by atoms with van der Waals surface area (Å²) in [6, 6.07) is -11.6. The Kier molecular flexibility index (Phi) is 44.9. The van der Waals surface area contributed by atoms with Crippen LogP contribution >= 0.6 is 11.8 Å². The average Bonchev–Trinajstić information content (AvgIpc) is 0.853. The first-order chi connectivity index (χ1) is 51.6. The summed E-state index contributed by atoms with van der Waals surface area (Å²) in [7, 11) is 0. The molecular weight excluding hydrogens is 1470 g/mol.